The Morgan fingerprint density at radius 3 is 2.09 bits per heavy atom. The van der Waals surface area contributed by atoms with E-state index in [1.165, 1.54) is 6.92 Å². The van der Waals surface area contributed by atoms with E-state index in [2.05, 4.69) is 5.32 Å². The van der Waals surface area contributed by atoms with E-state index < -0.39 is 46.6 Å². The molecule has 0 unspecified atom stereocenters. The second-order valence-corrected chi connectivity index (χ2v) is 8.02. The lowest BCUT2D eigenvalue weighted by Gasteiger charge is -2.41. The molecule has 8 nitrogen and oxygen atoms in total. The van der Waals surface area contributed by atoms with Crippen molar-refractivity contribution in [1.82, 2.24) is 5.32 Å². The third kappa shape index (κ3) is 3.08. The maximum Gasteiger partial charge on any atom is 0.338 e. The highest BCUT2D eigenvalue weighted by molar-refractivity contribution is 6.15. The summed E-state index contributed by atoms with van der Waals surface area (Å²) in [4.78, 5) is 54.2. The molecule has 0 aliphatic carbocycles. The predicted octanol–water partition coefficient (Wildman–Crippen LogP) is 2.47. The van der Waals surface area contributed by atoms with Gasteiger partial charge in [-0.15, -0.1) is 0 Å². The minimum atomic E-state index is -2.15. The van der Waals surface area contributed by atoms with Gasteiger partial charge in [-0.25, -0.2) is 9.59 Å². The molecule has 1 fully saturated rings. The Morgan fingerprint density at radius 2 is 1.52 bits per heavy atom. The van der Waals surface area contributed by atoms with Gasteiger partial charge >= 0.3 is 17.9 Å². The highest BCUT2D eigenvalue weighted by Crippen LogP contribution is 2.62. The summed E-state index contributed by atoms with van der Waals surface area (Å²) in [6, 6.07) is 14.2. The van der Waals surface area contributed by atoms with E-state index in [9.17, 15) is 19.2 Å². The van der Waals surface area contributed by atoms with Gasteiger partial charge in [-0.1, -0.05) is 48.5 Å². The van der Waals surface area contributed by atoms with Crippen LogP contribution < -0.4 is 10.1 Å². The van der Waals surface area contributed by atoms with Crippen LogP contribution in [0.3, 0.4) is 0 Å². The molecule has 0 radical (unpaired) electrons. The van der Waals surface area contributed by atoms with Crippen molar-refractivity contribution in [3.05, 3.63) is 65.7 Å². The monoisotopic (exact) mass is 451 g/mol. The van der Waals surface area contributed by atoms with Crippen LogP contribution in [0.4, 0.5) is 0 Å². The second kappa shape index (κ2) is 8.44. The Bertz CT molecular complexity index is 1090. The Labute approximate surface area is 191 Å². The van der Waals surface area contributed by atoms with Gasteiger partial charge in [0.2, 0.25) is 5.54 Å². The maximum absolute atomic E-state index is 13.6. The largest absolute Gasteiger partial charge is 0.464 e. The van der Waals surface area contributed by atoms with Gasteiger partial charge in [-0.05, 0) is 32.4 Å². The number of ketones is 1. The molecule has 1 saturated heterocycles. The number of Topliss-reactive ketones (excluding diaryl/α,β-unsaturated/α-hetero) is 1. The van der Waals surface area contributed by atoms with Crippen LogP contribution in [0, 0.1) is 5.41 Å². The fourth-order valence-corrected chi connectivity index (χ4v) is 5.11. The first-order chi connectivity index (χ1) is 15.8. The van der Waals surface area contributed by atoms with Crippen LogP contribution in [0.2, 0.25) is 0 Å². The predicted molar refractivity (Wildman–Crippen MR) is 116 cm³/mol. The molecule has 33 heavy (non-hydrogen) atoms. The highest BCUT2D eigenvalue weighted by atomic mass is 16.6. The molecule has 2 heterocycles. The highest BCUT2D eigenvalue weighted by Gasteiger charge is 2.77. The van der Waals surface area contributed by atoms with Crippen molar-refractivity contribution in [2.24, 2.45) is 5.41 Å². The van der Waals surface area contributed by atoms with Crippen molar-refractivity contribution in [3.63, 3.8) is 0 Å². The summed E-state index contributed by atoms with van der Waals surface area (Å²) in [5.74, 6) is -4.27. The summed E-state index contributed by atoms with van der Waals surface area (Å²) in [5, 5.41) is 3.05. The Hall–Kier alpha value is -3.52. The molecule has 4 rings (SSSR count). The standard InChI is InChI=1S/C25H25NO7/c1-4-31-22(29)25(23(30)32-5-2)19-17-13-9-10-14-18(17)33-21(28)24(19,15(3)27)20(26-25)16-11-7-6-8-12-16/h6-14,19-20,26H,4-5H2,1-3H3/t19-,20-,24+/m0/s1. The van der Waals surface area contributed by atoms with Crippen LogP contribution in [0.5, 0.6) is 5.75 Å². The number of carbonyl (C=O) groups is 4. The lowest BCUT2D eigenvalue weighted by molar-refractivity contribution is -0.168. The van der Waals surface area contributed by atoms with Crippen LogP contribution in [-0.2, 0) is 28.7 Å². The van der Waals surface area contributed by atoms with Gasteiger partial charge in [0.25, 0.3) is 0 Å². The first-order valence-electron chi connectivity index (χ1n) is 10.8. The molecule has 2 aliphatic rings. The third-order valence-corrected chi connectivity index (χ3v) is 6.40. The SMILES string of the molecule is CCOC(=O)C1(C(=O)OCC)N[C@@H](c2ccccc2)[C@]2(C(C)=O)C(=O)Oc3ccccc3[C@H]12. The zero-order valence-corrected chi connectivity index (χ0v) is 18.6. The summed E-state index contributed by atoms with van der Waals surface area (Å²) in [6.45, 7) is 4.47. The number of benzene rings is 2. The molecule has 0 saturated carbocycles. The van der Waals surface area contributed by atoms with Crippen LogP contribution in [0.15, 0.2) is 54.6 Å². The van der Waals surface area contributed by atoms with Crippen LogP contribution in [0.25, 0.3) is 0 Å². The minimum Gasteiger partial charge on any atom is -0.464 e. The maximum atomic E-state index is 13.6. The number of hydrogen-bond donors (Lipinski definition) is 1. The average molecular weight is 451 g/mol. The number of esters is 3. The topological polar surface area (TPSA) is 108 Å². The summed E-state index contributed by atoms with van der Waals surface area (Å²) in [5.41, 5.74) is -3.13. The molecule has 2 aliphatic heterocycles. The fourth-order valence-electron chi connectivity index (χ4n) is 5.11. The normalized spacial score (nSPS) is 24.8. The molecular formula is C25H25NO7. The lowest BCUT2D eigenvalue weighted by Crippen LogP contribution is -2.61. The van der Waals surface area contributed by atoms with Gasteiger partial charge < -0.3 is 14.2 Å². The quantitative estimate of drug-likeness (QED) is 0.405. The van der Waals surface area contributed by atoms with E-state index >= 15 is 0 Å². The van der Waals surface area contributed by atoms with Gasteiger partial charge in [0.15, 0.2) is 5.41 Å². The van der Waals surface area contributed by atoms with E-state index in [1.54, 1.807) is 68.4 Å². The second-order valence-electron chi connectivity index (χ2n) is 8.02. The number of hydrogen-bond acceptors (Lipinski definition) is 8. The van der Waals surface area contributed by atoms with E-state index in [0.29, 0.717) is 11.1 Å². The number of rotatable bonds is 6. The van der Waals surface area contributed by atoms with Crippen LogP contribution in [0.1, 0.15) is 43.9 Å². The van der Waals surface area contributed by atoms with Crippen LogP contribution >= 0.6 is 0 Å². The molecule has 8 heteroatoms. The smallest absolute Gasteiger partial charge is 0.338 e. The molecule has 1 N–H and O–H groups in total. The fraction of sp³-hybridized carbons (Fsp3) is 0.360. The van der Waals surface area contributed by atoms with E-state index in [4.69, 9.17) is 14.2 Å². The van der Waals surface area contributed by atoms with E-state index in [0.717, 1.165) is 0 Å². The molecule has 0 amide bonds. The Morgan fingerprint density at radius 1 is 0.939 bits per heavy atom. The van der Waals surface area contributed by atoms with Crippen molar-refractivity contribution >= 4 is 23.7 Å². The number of nitrogens with one attached hydrogen (secondary N) is 1. The molecule has 0 bridgehead atoms. The molecule has 3 atom stereocenters. The number of para-hydroxylation sites is 1. The lowest BCUT2D eigenvalue weighted by atomic mass is 9.60. The van der Waals surface area contributed by atoms with Crippen molar-refractivity contribution in [2.75, 3.05) is 13.2 Å². The zero-order valence-electron chi connectivity index (χ0n) is 18.6. The summed E-state index contributed by atoms with van der Waals surface area (Å²) < 4.78 is 16.3. The van der Waals surface area contributed by atoms with Crippen LogP contribution in [-0.4, -0.2) is 42.4 Å². The molecule has 172 valence electrons. The summed E-state index contributed by atoms with van der Waals surface area (Å²) in [6.07, 6.45) is 0. The number of carbonyl (C=O) groups excluding carboxylic acids is 4. The summed E-state index contributed by atoms with van der Waals surface area (Å²) in [7, 11) is 0. The zero-order chi connectivity index (χ0) is 23.8. The van der Waals surface area contributed by atoms with Crippen molar-refractivity contribution < 1.29 is 33.4 Å². The van der Waals surface area contributed by atoms with E-state index in [1.807, 2.05) is 0 Å². The van der Waals surface area contributed by atoms with Gasteiger partial charge in [0.05, 0.1) is 25.2 Å². The summed E-state index contributed by atoms with van der Waals surface area (Å²) >= 11 is 0. The third-order valence-electron chi connectivity index (χ3n) is 6.40. The van der Waals surface area contributed by atoms with E-state index in [-0.39, 0.29) is 19.0 Å². The van der Waals surface area contributed by atoms with Crippen molar-refractivity contribution in [3.8, 4) is 5.75 Å². The Balaban J connectivity index is 2.10. The molecule has 2 aromatic carbocycles. The molecule has 0 spiro atoms. The number of ether oxygens (including phenoxy) is 3. The first kappa shape index (κ1) is 22.7. The molecule has 0 aromatic heterocycles. The molecule has 2 aromatic rings. The van der Waals surface area contributed by atoms with Gasteiger partial charge in [0, 0.05) is 5.56 Å². The molecular weight excluding hydrogens is 426 g/mol. The first-order valence-corrected chi connectivity index (χ1v) is 10.8. The van der Waals surface area contributed by atoms with Gasteiger partial charge in [-0.3, -0.25) is 14.9 Å². The van der Waals surface area contributed by atoms with Gasteiger partial charge in [-0.2, -0.15) is 0 Å². The van der Waals surface area contributed by atoms with Crippen molar-refractivity contribution in [1.29, 1.82) is 0 Å². The Kier molecular flexibility index (Phi) is 5.80. The van der Waals surface area contributed by atoms with Crippen molar-refractivity contribution in [2.45, 2.75) is 38.3 Å². The van der Waals surface area contributed by atoms with Gasteiger partial charge in [0.1, 0.15) is 11.5 Å². The average Bonchev–Trinajstić information content (AvgIpc) is 3.15. The number of fused-ring (bicyclic) bond motifs is 3. The minimum absolute atomic E-state index is 0.0104.